The first kappa shape index (κ1) is 21.3. The van der Waals surface area contributed by atoms with Gasteiger partial charge in [-0.05, 0) is 36.4 Å². The summed E-state index contributed by atoms with van der Waals surface area (Å²) in [5, 5.41) is 2.67. The van der Waals surface area contributed by atoms with Crippen LogP contribution in [0.15, 0.2) is 42.5 Å². The lowest BCUT2D eigenvalue weighted by molar-refractivity contribution is -0.137. The molecule has 0 spiro atoms. The van der Waals surface area contributed by atoms with Crippen molar-refractivity contribution in [3.8, 4) is 5.75 Å². The first-order valence-electron chi connectivity index (χ1n) is 8.37. The van der Waals surface area contributed by atoms with E-state index in [0.717, 1.165) is 22.7 Å². The summed E-state index contributed by atoms with van der Waals surface area (Å²) < 4.78 is 69.6. The number of rotatable bonds is 3. The van der Waals surface area contributed by atoms with Gasteiger partial charge < -0.3 is 10.1 Å². The highest BCUT2D eigenvalue weighted by atomic mass is 35.5. The molecule has 1 atom stereocenters. The number of alkyl halides is 3. The number of hydrogen-bond donors (Lipinski definition) is 1. The fourth-order valence-electron chi connectivity index (χ4n) is 2.88. The number of amides is 1. The summed E-state index contributed by atoms with van der Waals surface area (Å²) in [6.07, 6.45) is -4.66. The molecule has 6 nitrogen and oxygen atoms in total. The van der Waals surface area contributed by atoms with Crippen LogP contribution in [0.5, 0.6) is 5.75 Å². The summed E-state index contributed by atoms with van der Waals surface area (Å²) in [6, 6.07) is 8.52. The Morgan fingerprint density at radius 3 is 2.62 bits per heavy atom. The van der Waals surface area contributed by atoms with Gasteiger partial charge in [0, 0.05) is 23.7 Å². The third-order valence-corrected chi connectivity index (χ3v) is 5.62. The van der Waals surface area contributed by atoms with Crippen LogP contribution in [0.2, 0.25) is 5.02 Å². The van der Waals surface area contributed by atoms with Gasteiger partial charge in [-0.3, -0.25) is 9.10 Å². The maximum atomic E-state index is 12.9. The van der Waals surface area contributed by atoms with Crippen molar-refractivity contribution in [2.45, 2.75) is 18.7 Å². The normalized spacial score (nSPS) is 17.1. The molecule has 1 amide bonds. The van der Waals surface area contributed by atoms with Crippen molar-refractivity contribution in [1.29, 1.82) is 0 Å². The monoisotopic (exact) mass is 448 g/mol. The Morgan fingerprint density at radius 1 is 1.24 bits per heavy atom. The highest BCUT2D eigenvalue weighted by molar-refractivity contribution is 7.92. The number of nitrogens with one attached hydrogen (secondary N) is 1. The zero-order valence-electron chi connectivity index (χ0n) is 15.0. The lowest BCUT2D eigenvalue weighted by Gasteiger charge is -2.21. The Hall–Kier alpha value is -2.46. The number of carbonyl (C=O) groups excluding carboxylic acids is 1. The molecule has 29 heavy (non-hydrogen) atoms. The number of halogens is 4. The zero-order chi connectivity index (χ0) is 21.4. The summed E-state index contributed by atoms with van der Waals surface area (Å²) in [5.41, 5.74) is -0.760. The van der Waals surface area contributed by atoms with Crippen molar-refractivity contribution >= 4 is 38.9 Å². The van der Waals surface area contributed by atoms with Crippen LogP contribution in [0.25, 0.3) is 0 Å². The maximum Gasteiger partial charge on any atom is 0.416 e. The maximum absolute atomic E-state index is 12.9. The third kappa shape index (κ3) is 4.94. The van der Waals surface area contributed by atoms with E-state index in [1.54, 1.807) is 0 Å². The largest absolute Gasteiger partial charge is 0.478 e. The molecule has 0 radical (unpaired) electrons. The first-order valence-corrected chi connectivity index (χ1v) is 10.6. The summed E-state index contributed by atoms with van der Waals surface area (Å²) in [6.45, 7) is -0.0626. The standard InChI is InChI=1S/C18H16ClF3N2O4S/c1-29(26,27)24-8-7-16(28-15-6-5-12(19)10-14(15)24)17(25)23-13-4-2-3-11(9-13)18(20,21)22/h2-6,9-10,16H,7-8H2,1H3,(H,23,25)/t16-/m0/s1. The fraction of sp³-hybridized carbons (Fsp3) is 0.278. The zero-order valence-corrected chi connectivity index (χ0v) is 16.6. The van der Waals surface area contributed by atoms with Gasteiger partial charge in [-0.1, -0.05) is 17.7 Å². The second-order valence-electron chi connectivity index (χ2n) is 6.41. The second kappa shape index (κ2) is 7.75. The van der Waals surface area contributed by atoms with Gasteiger partial charge in [-0.15, -0.1) is 0 Å². The quantitative estimate of drug-likeness (QED) is 0.772. The molecule has 1 N–H and O–H groups in total. The average Bonchev–Trinajstić information content (AvgIpc) is 2.80. The number of anilines is 2. The number of benzene rings is 2. The molecule has 0 aromatic heterocycles. The molecule has 11 heteroatoms. The molecule has 0 aliphatic carbocycles. The molecule has 0 saturated heterocycles. The predicted octanol–water partition coefficient (Wildman–Crippen LogP) is 3.91. The van der Waals surface area contributed by atoms with Crippen molar-refractivity contribution in [3.63, 3.8) is 0 Å². The van der Waals surface area contributed by atoms with Crippen molar-refractivity contribution in [2.75, 3.05) is 22.4 Å². The smallest absolute Gasteiger partial charge is 0.416 e. The topological polar surface area (TPSA) is 75.7 Å². The van der Waals surface area contributed by atoms with E-state index in [2.05, 4.69) is 5.32 Å². The molecule has 1 heterocycles. The number of carbonyl (C=O) groups is 1. The molecule has 1 aliphatic heterocycles. The van der Waals surface area contributed by atoms with Gasteiger partial charge >= 0.3 is 6.18 Å². The predicted molar refractivity (Wildman–Crippen MR) is 103 cm³/mol. The van der Waals surface area contributed by atoms with Gasteiger partial charge in [0.05, 0.1) is 17.5 Å². The minimum absolute atomic E-state index is 0.00976. The fourth-order valence-corrected chi connectivity index (χ4v) is 3.98. The van der Waals surface area contributed by atoms with E-state index in [-0.39, 0.29) is 35.1 Å². The van der Waals surface area contributed by atoms with Gasteiger partial charge in [0.2, 0.25) is 10.0 Å². The average molecular weight is 449 g/mol. The number of nitrogens with zero attached hydrogens (tertiary/aromatic N) is 1. The molecular weight excluding hydrogens is 433 g/mol. The van der Waals surface area contributed by atoms with Crippen molar-refractivity contribution < 1.29 is 31.1 Å². The van der Waals surface area contributed by atoms with Crippen LogP contribution in [-0.4, -0.2) is 33.2 Å². The summed E-state index contributed by atoms with van der Waals surface area (Å²) in [4.78, 5) is 12.6. The van der Waals surface area contributed by atoms with E-state index in [1.165, 1.54) is 30.3 Å². The Bertz CT molecular complexity index is 1040. The van der Waals surface area contributed by atoms with Gasteiger partial charge in [0.25, 0.3) is 5.91 Å². The molecule has 0 fully saturated rings. The van der Waals surface area contributed by atoms with Crippen molar-refractivity contribution in [2.24, 2.45) is 0 Å². The molecule has 0 unspecified atom stereocenters. The van der Waals surface area contributed by atoms with Gasteiger partial charge in [-0.2, -0.15) is 13.2 Å². The van der Waals surface area contributed by atoms with Gasteiger partial charge in [0.15, 0.2) is 6.10 Å². The molecular formula is C18H16ClF3N2O4S. The Labute approximate surface area is 170 Å². The molecule has 156 valence electrons. The van der Waals surface area contributed by atoms with E-state index in [0.29, 0.717) is 0 Å². The molecule has 0 saturated carbocycles. The van der Waals surface area contributed by atoms with Crippen LogP contribution < -0.4 is 14.4 Å². The molecule has 3 rings (SSSR count). The lowest BCUT2D eigenvalue weighted by atomic mass is 10.2. The van der Waals surface area contributed by atoms with Crippen LogP contribution >= 0.6 is 11.6 Å². The van der Waals surface area contributed by atoms with Crippen molar-refractivity contribution in [3.05, 3.63) is 53.1 Å². The third-order valence-electron chi connectivity index (χ3n) is 4.20. The highest BCUT2D eigenvalue weighted by Crippen LogP contribution is 2.36. The van der Waals surface area contributed by atoms with E-state index in [4.69, 9.17) is 16.3 Å². The minimum Gasteiger partial charge on any atom is -0.478 e. The van der Waals surface area contributed by atoms with E-state index >= 15 is 0 Å². The first-order chi connectivity index (χ1) is 13.4. The number of fused-ring (bicyclic) bond motifs is 1. The highest BCUT2D eigenvalue weighted by Gasteiger charge is 2.33. The second-order valence-corrected chi connectivity index (χ2v) is 8.75. The van der Waals surface area contributed by atoms with Gasteiger partial charge in [-0.25, -0.2) is 8.42 Å². The number of sulfonamides is 1. The molecule has 0 bridgehead atoms. The summed E-state index contributed by atoms with van der Waals surface area (Å²) >= 11 is 5.95. The Kier molecular flexibility index (Phi) is 5.68. The van der Waals surface area contributed by atoms with Crippen LogP contribution in [-0.2, 0) is 21.0 Å². The number of hydrogen-bond acceptors (Lipinski definition) is 4. The summed E-state index contributed by atoms with van der Waals surface area (Å²) in [7, 11) is -3.67. The Morgan fingerprint density at radius 2 is 1.97 bits per heavy atom. The van der Waals surface area contributed by atoms with E-state index < -0.39 is 33.8 Å². The Balaban J connectivity index is 1.85. The molecule has 2 aromatic carbocycles. The van der Waals surface area contributed by atoms with E-state index in [1.807, 2.05) is 0 Å². The summed E-state index contributed by atoms with van der Waals surface area (Å²) in [5.74, 6) is -0.568. The SMILES string of the molecule is CS(=O)(=O)N1CC[C@@H](C(=O)Nc2cccc(C(F)(F)F)c2)Oc2ccc(Cl)cc21. The van der Waals surface area contributed by atoms with Crippen LogP contribution in [0.4, 0.5) is 24.5 Å². The minimum atomic E-state index is -4.55. The van der Waals surface area contributed by atoms with Gasteiger partial charge in [0.1, 0.15) is 5.75 Å². The van der Waals surface area contributed by atoms with E-state index in [9.17, 15) is 26.4 Å². The number of ether oxygens (including phenoxy) is 1. The molecule has 2 aromatic rings. The van der Waals surface area contributed by atoms with Crippen LogP contribution in [0, 0.1) is 0 Å². The van der Waals surface area contributed by atoms with Crippen LogP contribution in [0.1, 0.15) is 12.0 Å². The van der Waals surface area contributed by atoms with Crippen LogP contribution in [0.3, 0.4) is 0 Å². The van der Waals surface area contributed by atoms with Crippen molar-refractivity contribution in [1.82, 2.24) is 0 Å². The molecule has 1 aliphatic rings. The lowest BCUT2D eigenvalue weighted by Crippen LogP contribution is -2.36.